The summed E-state index contributed by atoms with van der Waals surface area (Å²) in [6, 6.07) is 16.9. The number of fused-ring (bicyclic) bond motifs is 1. The fourth-order valence-electron chi connectivity index (χ4n) is 3.42. The molecule has 0 atom stereocenters. The summed E-state index contributed by atoms with van der Waals surface area (Å²) in [5.74, 6) is -1.10. The summed E-state index contributed by atoms with van der Waals surface area (Å²) in [5, 5.41) is 3.64. The number of hydrogen-bond donors (Lipinski definition) is 1. The van der Waals surface area contributed by atoms with E-state index in [-0.39, 0.29) is 22.0 Å². The van der Waals surface area contributed by atoms with Crippen LogP contribution in [0.4, 0.5) is 10.1 Å². The number of para-hydroxylation sites is 1. The third-order valence-corrected chi connectivity index (χ3v) is 5.92. The van der Waals surface area contributed by atoms with Crippen LogP contribution in [0.15, 0.2) is 70.6 Å². The SMILES string of the molecule is Cc1cc(C)cc(-n2c(SCC(=O)Nc3ccc(Cl)cc3F)nc3ccccc3c2=O)c1. The van der Waals surface area contributed by atoms with Crippen molar-refractivity contribution in [1.82, 2.24) is 9.55 Å². The maximum absolute atomic E-state index is 14.0. The number of nitrogens with zero attached hydrogens (tertiary/aromatic N) is 2. The van der Waals surface area contributed by atoms with E-state index in [2.05, 4.69) is 10.3 Å². The van der Waals surface area contributed by atoms with Crippen LogP contribution in [0.25, 0.3) is 16.6 Å². The zero-order valence-corrected chi connectivity index (χ0v) is 18.9. The molecule has 1 N–H and O–H groups in total. The van der Waals surface area contributed by atoms with Crippen LogP contribution in [-0.2, 0) is 4.79 Å². The number of carbonyl (C=O) groups is 1. The lowest BCUT2D eigenvalue weighted by Gasteiger charge is -2.14. The normalized spacial score (nSPS) is 11.0. The van der Waals surface area contributed by atoms with E-state index in [0.29, 0.717) is 21.7 Å². The Morgan fingerprint density at radius 1 is 1.09 bits per heavy atom. The Kier molecular flexibility index (Phi) is 6.30. The largest absolute Gasteiger partial charge is 0.323 e. The van der Waals surface area contributed by atoms with Crippen molar-refractivity contribution in [3.05, 3.63) is 93.0 Å². The first-order valence-corrected chi connectivity index (χ1v) is 11.2. The highest BCUT2D eigenvalue weighted by Crippen LogP contribution is 2.24. The van der Waals surface area contributed by atoms with E-state index < -0.39 is 11.7 Å². The summed E-state index contributed by atoms with van der Waals surface area (Å²) in [6.07, 6.45) is 0. The van der Waals surface area contributed by atoms with E-state index in [1.165, 1.54) is 16.7 Å². The summed E-state index contributed by atoms with van der Waals surface area (Å²) in [4.78, 5) is 30.4. The topological polar surface area (TPSA) is 64.0 Å². The van der Waals surface area contributed by atoms with Gasteiger partial charge in [-0.1, -0.05) is 41.6 Å². The van der Waals surface area contributed by atoms with Crippen LogP contribution in [0.2, 0.25) is 5.02 Å². The number of aryl methyl sites for hydroxylation is 2. The van der Waals surface area contributed by atoms with Gasteiger partial charge in [0.25, 0.3) is 5.56 Å². The molecule has 4 rings (SSSR count). The number of carbonyl (C=O) groups excluding carboxylic acids is 1. The van der Waals surface area contributed by atoms with Crippen LogP contribution in [-0.4, -0.2) is 21.2 Å². The van der Waals surface area contributed by atoms with Gasteiger partial charge < -0.3 is 5.32 Å². The summed E-state index contributed by atoms with van der Waals surface area (Å²) in [5.41, 5.74) is 3.06. The molecule has 0 saturated heterocycles. The molecule has 1 heterocycles. The number of halogens is 2. The molecule has 4 aromatic rings. The fourth-order valence-corrected chi connectivity index (χ4v) is 4.40. The van der Waals surface area contributed by atoms with Gasteiger partial charge in [0.05, 0.1) is 28.0 Å². The third kappa shape index (κ3) is 4.69. The van der Waals surface area contributed by atoms with E-state index in [1.807, 2.05) is 32.0 Å². The van der Waals surface area contributed by atoms with Gasteiger partial charge >= 0.3 is 0 Å². The van der Waals surface area contributed by atoms with Crippen molar-refractivity contribution in [3.8, 4) is 5.69 Å². The van der Waals surface area contributed by atoms with Crippen molar-refractivity contribution < 1.29 is 9.18 Å². The van der Waals surface area contributed by atoms with Gasteiger partial charge in [0, 0.05) is 5.02 Å². The molecule has 0 aliphatic rings. The number of anilines is 1. The van der Waals surface area contributed by atoms with E-state index >= 15 is 0 Å². The van der Waals surface area contributed by atoms with Crippen molar-refractivity contribution >= 4 is 45.9 Å². The van der Waals surface area contributed by atoms with Gasteiger partial charge in [-0.15, -0.1) is 0 Å². The summed E-state index contributed by atoms with van der Waals surface area (Å²) in [6.45, 7) is 3.91. The number of aromatic nitrogens is 2. The minimum absolute atomic E-state index is 0.0400. The molecule has 0 spiro atoms. The Hall–Kier alpha value is -3.16. The zero-order valence-electron chi connectivity index (χ0n) is 17.4. The number of hydrogen-bond acceptors (Lipinski definition) is 4. The number of nitrogens with one attached hydrogen (secondary N) is 1. The predicted octanol–water partition coefficient (Wildman–Crippen LogP) is 5.53. The molecule has 3 aromatic carbocycles. The maximum Gasteiger partial charge on any atom is 0.266 e. The first-order valence-electron chi connectivity index (χ1n) is 9.80. The minimum atomic E-state index is -0.619. The molecular formula is C24H19ClFN3O2S. The molecule has 0 radical (unpaired) electrons. The Balaban J connectivity index is 1.69. The molecule has 0 bridgehead atoms. The number of rotatable bonds is 5. The molecular weight excluding hydrogens is 449 g/mol. The van der Waals surface area contributed by atoms with Crippen LogP contribution in [0.3, 0.4) is 0 Å². The fraction of sp³-hybridized carbons (Fsp3) is 0.125. The molecule has 32 heavy (non-hydrogen) atoms. The van der Waals surface area contributed by atoms with Crippen molar-refractivity contribution in [2.24, 2.45) is 0 Å². The van der Waals surface area contributed by atoms with Crippen LogP contribution in [0.5, 0.6) is 0 Å². The predicted molar refractivity (Wildman–Crippen MR) is 128 cm³/mol. The van der Waals surface area contributed by atoms with Gasteiger partial charge in [0.1, 0.15) is 5.82 Å². The summed E-state index contributed by atoms with van der Waals surface area (Å²) in [7, 11) is 0. The first-order chi connectivity index (χ1) is 15.3. The second-order valence-electron chi connectivity index (χ2n) is 7.36. The summed E-state index contributed by atoms with van der Waals surface area (Å²) < 4.78 is 15.5. The van der Waals surface area contributed by atoms with Crippen molar-refractivity contribution in [2.75, 3.05) is 11.1 Å². The average molecular weight is 468 g/mol. The van der Waals surface area contributed by atoms with Gasteiger partial charge in [-0.2, -0.15) is 0 Å². The number of benzene rings is 3. The van der Waals surface area contributed by atoms with Crippen molar-refractivity contribution in [3.63, 3.8) is 0 Å². The number of thioether (sulfide) groups is 1. The molecule has 5 nitrogen and oxygen atoms in total. The number of amides is 1. The van der Waals surface area contributed by atoms with Crippen molar-refractivity contribution in [1.29, 1.82) is 0 Å². The van der Waals surface area contributed by atoms with E-state index in [0.717, 1.165) is 29.0 Å². The van der Waals surface area contributed by atoms with Crippen LogP contribution < -0.4 is 10.9 Å². The van der Waals surface area contributed by atoms with E-state index in [9.17, 15) is 14.0 Å². The van der Waals surface area contributed by atoms with Crippen molar-refractivity contribution in [2.45, 2.75) is 19.0 Å². The first kappa shape index (κ1) is 22.0. The van der Waals surface area contributed by atoms with E-state index in [4.69, 9.17) is 11.6 Å². The van der Waals surface area contributed by atoms with E-state index in [1.54, 1.807) is 24.3 Å². The lowest BCUT2D eigenvalue weighted by molar-refractivity contribution is -0.113. The molecule has 0 fully saturated rings. The lowest BCUT2D eigenvalue weighted by Crippen LogP contribution is -2.23. The smallest absolute Gasteiger partial charge is 0.266 e. The Morgan fingerprint density at radius 2 is 1.81 bits per heavy atom. The maximum atomic E-state index is 14.0. The lowest BCUT2D eigenvalue weighted by atomic mass is 10.1. The highest BCUT2D eigenvalue weighted by molar-refractivity contribution is 7.99. The second-order valence-corrected chi connectivity index (χ2v) is 8.74. The quantitative estimate of drug-likeness (QED) is 0.310. The summed E-state index contributed by atoms with van der Waals surface area (Å²) >= 11 is 6.87. The highest BCUT2D eigenvalue weighted by atomic mass is 35.5. The molecule has 1 amide bonds. The Morgan fingerprint density at radius 3 is 2.53 bits per heavy atom. The second kappa shape index (κ2) is 9.14. The zero-order chi connectivity index (χ0) is 22.8. The molecule has 162 valence electrons. The van der Waals surface area contributed by atoms with Gasteiger partial charge in [0.2, 0.25) is 5.91 Å². The van der Waals surface area contributed by atoms with Gasteiger partial charge in [-0.25, -0.2) is 9.37 Å². The molecule has 0 unspecified atom stereocenters. The Bertz CT molecular complexity index is 1380. The van der Waals surface area contributed by atoms with Gasteiger partial charge in [-0.05, 0) is 67.4 Å². The van der Waals surface area contributed by atoms with Crippen LogP contribution in [0.1, 0.15) is 11.1 Å². The van der Waals surface area contributed by atoms with Crippen LogP contribution in [0, 0.1) is 19.7 Å². The molecule has 0 aliphatic heterocycles. The Labute approximate surface area is 193 Å². The molecule has 1 aromatic heterocycles. The monoisotopic (exact) mass is 467 g/mol. The molecule has 8 heteroatoms. The molecule has 0 aliphatic carbocycles. The van der Waals surface area contributed by atoms with Gasteiger partial charge in [-0.3, -0.25) is 14.2 Å². The van der Waals surface area contributed by atoms with Crippen LogP contribution >= 0.6 is 23.4 Å². The standard InChI is InChI=1S/C24H19ClFN3O2S/c1-14-9-15(2)11-17(10-14)29-23(31)18-5-3-4-6-20(18)28-24(29)32-13-22(30)27-21-8-7-16(25)12-19(21)26/h3-12H,13H2,1-2H3,(H,27,30). The van der Waals surface area contributed by atoms with Gasteiger partial charge in [0.15, 0.2) is 5.16 Å². The molecule has 0 saturated carbocycles. The average Bonchev–Trinajstić information content (AvgIpc) is 2.73. The highest BCUT2D eigenvalue weighted by Gasteiger charge is 2.16. The third-order valence-electron chi connectivity index (χ3n) is 4.75. The minimum Gasteiger partial charge on any atom is -0.323 e.